The Hall–Kier alpha value is -1.37. The van der Waals surface area contributed by atoms with Crippen molar-refractivity contribution < 1.29 is 31.4 Å². The third-order valence-corrected chi connectivity index (χ3v) is 1.10. The van der Waals surface area contributed by atoms with Crippen LogP contribution >= 0.6 is 0 Å². The molecule has 0 aliphatic heterocycles. The van der Waals surface area contributed by atoms with E-state index < -0.39 is 11.8 Å². The summed E-state index contributed by atoms with van der Waals surface area (Å²) in [6.07, 6.45) is 0. The molecule has 0 saturated carbocycles. The SMILES string of the molecule is O=C(O)c1ccccc1F.[C-]#N.[Cu+]. The van der Waals surface area contributed by atoms with Gasteiger partial charge in [0.2, 0.25) is 0 Å². The fraction of sp³-hybridized carbons (Fsp3) is 0. The molecule has 13 heavy (non-hydrogen) atoms. The van der Waals surface area contributed by atoms with Crippen molar-refractivity contribution in [3.8, 4) is 0 Å². The van der Waals surface area contributed by atoms with Crippen LogP contribution in [0.1, 0.15) is 10.4 Å². The number of rotatable bonds is 1. The summed E-state index contributed by atoms with van der Waals surface area (Å²) in [4.78, 5) is 10.2. The first-order valence-electron chi connectivity index (χ1n) is 2.92. The summed E-state index contributed by atoms with van der Waals surface area (Å²) in [6, 6.07) is 5.26. The van der Waals surface area contributed by atoms with Gasteiger partial charge in [0.05, 0.1) is 5.56 Å². The molecule has 1 aromatic carbocycles. The fourth-order valence-electron chi connectivity index (χ4n) is 0.635. The number of aromatic carboxylic acids is 1. The number of hydrogen-bond acceptors (Lipinski definition) is 2. The van der Waals surface area contributed by atoms with E-state index >= 15 is 0 Å². The van der Waals surface area contributed by atoms with Gasteiger partial charge in [0.15, 0.2) is 0 Å². The van der Waals surface area contributed by atoms with Crippen LogP contribution in [0.2, 0.25) is 0 Å². The number of carbonyl (C=O) groups is 1. The first kappa shape index (κ1) is 14.2. The fourth-order valence-corrected chi connectivity index (χ4v) is 0.635. The second-order valence-corrected chi connectivity index (χ2v) is 1.78. The van der Waals surface area contributed by atoms with Gasteiger partial charge < -0.3 is 16.9 Å². The van der Waals surface area contributed by atoms with E-state index in [9.17, 15) is 9.18 Å². The molecule has 72 valence electrons. The van der Waals surface area contributed by atoms with Crippen LogP contribution in [0.15, 0.2) is 24.3 Å². The maximum absolute atomic E-state index is 12.5. The van der Waals surface area contributed by atoms with Crippen molar-refractivity contribution >= 4 is 5.97 Å². The van der Waals surface area contributed by atoms with Crippen molar-refractivity contribution in [2.24, 2.45) is 0 Å². The second kappa shape index (κ2) is 7.29. The molecule has 0 aliphatic rings. The molecule has 1 aromatic rings. The minimum absolute atomic E-state index is 0. The summed E-state index contributed by atoms with van der Waals surface area (Å²) < 4.78 is 12.5. The first-order valence-corrected chi connectivity index (χ1v) is 2.92. The Kier molecular flexibility index (Phi) is 7.94. The molecule has 0 unspecified atom stereocenters. The minimum atomic E-state index is -1.24. The predicted molar refractivity (Wildman–Crippen MR) is 38.3 cm³/mol. The van der Waals surface area contributed by atoms with Crippen LogP contribution in [0, 0.1) is 17.7 Å². The summed E-state index contributed by atoms with van der Waals surface area (Å²) in [5.74, 6) is -1.94. The number of halogens is 1. The zero-order valence-electron chi connectivity index (χ0n) is 6.29. The molecule has 0 heterocycles. The average Bonchev–Trinajstić information content (AvgIpc) is 2.08. The van der Waals surface area contributed by atoms with Gasteiger partial charge in [0, 0.05) is 0 Å². The topological polar surface area (TPSA) is 61.1 Å². The third kappa shape index (κ3) is 4.26. The molecule has 1 rings (SSSR count). The molecule has 0 amide bonds. The molecule has 5 heteroatoms. The molecule has 0 fully saturated rings. The largest absolute Gasteiger partial charge is 1.00 e. The van der Waals surface area contributed by atoms with Gasteiger partial charge in [-0.15, -0.1) is 0 Å². The van der Waals surface area contributed by atoms with Gasteiger partial charge in [-0.05, 0) is 12.1 Å². The van der Waals surface area contributed by atoms with Crippen molar-refractivity contribution in [2.75, 3.05) is 0 Å². The maximum atomic E-state index is 12.5. The van der Waals surface area contributed by atoms with Crippen LogP contribution in [-0.4, -0.2) is 11.1 Å². The molecular weight excluding hydrogens is 225 g/mol. The van der Waals surface area contributed by atoms with E-state index in [0.717, 1.165) is 6.07 Å². The third-order valence-electron chi connectivity index (χ3n) is 1.10. The van der Waals surface area contributed by atoms with Crippen LogP contribution in [0.5, 0.6) is 0 Å². The summed E-state index contributed by atoms with van der Waals surface area (Å²) in [5.41, 5.74) is -0.289. The normalized spacial score (nSPS) is 7.31. The minimum Gasteiger partial charge on any atom is -0.512 e. The van der Waals surface area contributed by atoms with E-state index in [0.29, 0.717) is 0 Å². The zero-order valence-corrected chi connectivity index (χ0v) is 7.23. The predicted octanol–water partition coefficient (Wildman–Crippen LogP) is 1.62. The summed E-state index contributed by atoms with van der Waals surface area (Å²) in [6.45, 7) is 4.75. The smallest absolute Gasteiger partial charge is 0.512 e. The van der Waals surface area contributed by atoms with Gasteiger partial charge in [0.25, 0.3) is 0 Å². The molecule has 0 saturated heterocycles. The van der Waals surface area contributed by atoms with Crippen molar-refractivity contribution in [2.45, 2.75) is 0 Å². The molecule has 0 radical (unpaired) electrons. The molecule has 0 atom stereocenters. The second-order valence-electron chi connectivity index (χ2n) is 1.78. The Morgan fingerprint density at radius 3 is 2.15 bits per heavy atom. The molecule has 0 aliphatic carbocycles. The maximum Gasteiger partial charge on any atom is 1.00 e. The van der Waals surface area contributed by atoms with E-state index in [4.69, 9.17) is 16.9 Å². The van der Waals surface area contributed by atoms with Crippen molar-refractivity contribution in [1.29, 1.82) is 5.26 Å². The summed E-state index contributed by atoms with van der Waals surface area (Å²) in [5, 5.41) is 14.6. The van der Waals surface area contributed by atoms with Gasteiger partial charge in [-0.3, -0.25) is 0 Å². The number of carboxylic acid groups (broad SMARTS) is 1. The van der Waals surface area contributed by atoms with Crippen LogP contribution in [-0.2, 0) is 17.1 Å². The Morgan fingerprint density at radius 2 is 1.85 bits per heavy atom. The Balaban J connectivity index is 0. The number of carboxylic acids is 1. The summed E-state index contributed by atoms with van der Waals surface area (Å²) in [7, 11) is 0. The molecule has 3 nitrogen and oxygen atoms in total. The van der Waals surface area contributed by atoms with Crippen LogP contribution < -0.4 is 0 Å². The summed E-state index contributed by atoms with van der Waals surface area (Å²) >= 11 is 0. The van der Waals surface area contributed by atoms with Gasteiger partial charge in [-0.2, -0.15) is 0 Å². The average molecular weight is 230 g/mol. The number of hydrogen-bond donors (Lipinski definition) is 1. The molecule has 0 spiro atoms. The standard InChI is InChI=1S/C7H5FO2.CN.Cu/c8-6-4-2-1-3-5(6)7(9)10;1-2;/h1-4H,(H,9,10);;/q;-1;+1. The van der Waals surface area contributed by atoms with Crippen molar-refractivity contribution in [3.05, 3.63) is 42.2 Å². The van der Waals surface area contributed by atoms with Gasteiger partial charge in [-0.25, -0.2) is 9.18 Å². The van der Waals surface area contributed by atoms with E-state index in [1.807, 2.05) is 0 Å². The Morgan fingerprint density at radius 1 is 1.38 bits per heavy atom. The van der Waals surface area contributed by atoms with Crippen molar-refractivity contribution in [1.82, 2.24) is 0 Å². The number of nitrogens with zero attached hydrogens (tertiary/aromatic N) is 1. The van der Waals surface area contributed by atoms with Crippen molar-refractivity contribution in [3.63, 3.8) is 0 Å². The molecule has 0 aromatic heterocycles. The van der Waals surface area contributed by atoms with E-state index in [1.165, 1.54) is 18.2 Å². The quantitative estimate of drug-likeness (QED) is 0.588. The van der Waals surface area contributed by atoms with Gasteiger partial charge in [0.1, 0.15) is 5.82 Å². The monoisotopic (exact) mass is 229 g/mol. The van der Waals surface area contributed by atoms with Crippen LogP contribution in [0.4, 0.5) is 4.39 Å². The first-order chi connectivity index (χ1) is 5.72. The van der Waals surface area contributed by atoms with E-state index in [-0.39, 0.29) is 22.6 Å². The van der Waals surface area contributed by atoms with E-state index in [1.54, 1.807) is 0 Å². The van der Waals surface area contributed by atoms with E-state index in [2.05, 4.69) is 0 Å². The van der Waals surface area contributed by atoms with Crippen LogP contribution in [0.3, 0.4) is 0 Å². The number of benzene rings is 1. The van der Waals surface area contributed by atoms with Gasteiger partial charge >= 0.3 is 23.0 Å². The Bertz CT molecular complexity index is 301. The van der Waals surface area contributed by atoms with Gasteiger partial charge in [-0.1, -0.05) is 12.1 Å². The zero-order chi connectivity index (χ0) is 9.56. The Labute approximate surface area is 85.3 Å². The molecule has 1 N–H and O–H groups in total. The van der Waals surface area contributed by atoms with Crippen LogP contribution in [0.25, 0.3) is 0 Å². The molecule has 0 bridgehead atoms. The molecular formula is C8H5CuFNO2.